The van der Waals surface area contributed by atoms with Crippen LogP contribution in [0.15, 0.2) is 72.3 Å². The molecule has 3 aromatic rings. The first-order valence-corrected chi connectivity index (χ1v) is 10.7. The van der Waals surface area contributed by atoms with E-state index >= 15 is 0 Å². The van der Waals surface area contributed by atoms with E-state index in [4.69, 9.17) is 4.74 Å². The van der Waals surface area contributed by atoms with E-state index in [0.717, 1.165) is 11.6 Å². The molecule has 0 bridgehead atoms. The lowest BCUT2D eigenvalue weighted by atomic mass is 10.1. The number of imide groups is 2. The number of nitrogens with one attached hydrogen (secondary N) is 1. The molecule has 166 valence electrons. The van der Waals surface area contributed by atoms with E-state index in [-0.39, 0.29) is 23.7 Å². The Morgan fingerprint density at radius 2 is 1.70 bits per heavy atom. The van der Waals surface area contributed by atoms with Gasteiger partial charge in [-0.25, -0.2) is 18.5 Å². The van der Waals surface area contributed by atoms with Crippen LogP contribution >= 0.6 is 22.6 Å². The molecular formula is C24H15F2IN2O4. The summed E-state index contributed by atoms with van der Waals surface area (Å²) in [5.74, 6) is -2.09. The zero-order valence-electron chi connectivity index (χ0n) is 16.8. The standard InChI is InChI=1S/C24H15F2IN2O4/c25-16-7-4-14(5-8-16)13-33-21-9-6-15(11-20(21)27)10-19-22(30)28-24(32)29(23(19)31)18-3-1-2-17(26)12-18/h1-12H,13H2,(H,28,30,32)/b19-10+. The van der Waals surface area contributed by atoms with Crippen LogP contribution in [0.5, 0.6) is 5.75 Å². The molecule has 0 saturated carbocycles. The summed E-state index contributed by atoms with van der Waals surface area (Å²) >= 11 is 2.05. The maximum absolute atomic E-state index is 13.6. The van der Waals surface area contributed by atoms with E-state index in [9.17, 15) is 23.2 Å². The second kappa shape index (κ2) is 9.49. The van der Waals surface area contributed by atoms with E-state index in [0.29, 0.717) is 19.8 Å². The van der Waals surface area contributed by atoms with Crippen molar-refractivity contribution in [3.63, 3.8) is 0 Å². The first kappa shape index (κ1) is 22.6. The molecule has 1 aliphatic rings. The van der Waals surface area contributed by atoms with Crippen molar-refractivity contribution >= 4 is 52.2 Å². The number of hydrogen-bond donors (Lipinski definition) is 1. The second-order valence-electron chi connectivity index (χ2n) is 7.04. The van der Waals surface area contributed by atoms with Gasteiger partial charge in [0.2, 0.25) is 0 Å². The minimum absolute atomic E-state index is 0.00928. The highest BCUT2D eigenvalue weighted by Gasteiger charge is 2.36. The topological polar surface area (TPSA) is 75.7 Å². The molecule has 0 aliphatic carbocycles. The first-order valence-electron chi connectivity index (χ1n) is 9.65. The molecule has 0 radical (unpaired) electrons. The van der Waals surface area contributed by atoms with Gasteiger partial charge >= 0.3 is 6.03 Å². The van der Waals surface area contributed by atoms with Gasteiger partial charge in [0.15, 0.2) is 0 Å². The average molecular weight is 560 g/mol. The molecule has 1 N–H and O–H groups in total. The molecule has 4 amide bonds. The lowest BCUT2D eigenvalue weighted by Crippen LogP contribution is -2.54. The minimum Gasteiger partial charge on any atom is -0.488 e. The number of hydrogen-bond acceptors (Lipinski definition) is 4. The highest BCUT2D eigenvalue weighted by molar-refractivity contribution is 14.1. The van der Waals surface area contributed by atoms with Gasteiger partial charge in [0, 0.05) is 0 Å². The zero-order valence-corrected chi connectivity index (χ0v) is 19.0. The molecular weight excluding hydrogens is 545 g/mol. The van der Waals surface area contributed by atoms with E-state index in [1.807, 2.05) is 0 Å². The Labute approximate surface area is 201 Å². The molecule has 9 heteroatoms. The fraction of sp³-hybridized carbons (Fsp3) is 0.0417. The van der Waals surface area contributed by atoms with Crippen molar-refractivity contribution in [2.24, 2.45) is 0 Å². The molecule has 1 heterocycles. The molecule has 6 nitrogen and oxygen atoms in total. The van der Waals surface area contributed by atoms with Crippen molar-refractivity contribution in [2.75, 3.05) is 4.90 Å². The molecule has 3 aromatic carbocycles. The lowest BCUT2D eigenvalue weighted by molar-refractivity contribution is -0.122. The number of carbonyl (C=O) groups is 3. The van der Waals surface area contributed by atoms with Gasteiger partial charge in [-0.05, 0) is 82.3 Å². The number of anilines is 1. The van der Waals surface area contributed by atoms with E-state index < -0.39 is 23.7 Å². The monoisotopic (exact) mass is 560 g/mol. The Kier molecular flexibility index (Phi) is 6.50. The predicted octanol–water partition coefficient (Wildman–Crippen LogP) is 4.81. The minimum atomic E-state index is -0.952. The van der Waals surface area contributed by atoms with Crippen LogP contribution in [0.3, 0.4) is 0 Å². The third-order valence-electron chi connectivity index (χ3n) is 4.74. The molecule has 4 rings (SSSR count). The van der Waals surface area contributed by atoms with Gasteiger partial charge in [0.25, 0.3) is 11.8 Å². The first-order chi connectivity index (χ1) is 15.8. The molecule has 0 spiro atoms. The number of urea groups is 1. The third kappa shape index (κ3) is 5.08. The Balaban J connectivity index is 1.56. The van der Waals surface area contributed by atoms with Crippen molar-refractivity contribution in [3.05, 3.63) is 98.6 Å². The number of halogens is 3. The van der Waals surface area contributed by atoms with Gasteiger partial charge in [-0.3, -0.25) is 14.9 Å². The molecule has 0 aromatic heterocycles. The summed E-state index contributed by atoms with van der Waals surface area (Å²) in [5.41, 5.74) is 1.07. The van der Waals surface area contributed by atoms with E-state index in [1.165, 1.54) is 36.4 Å². The summed E-state index contributed by atoms with van der Waals surface area (Å²) in [7, 11) is 0. The maximum Gasteiger partial charge on any atom is 0.335 e. The normalized spacial score (nSPS) is 15.1. The van der Waals surface area contributed by atoms with Crippen LogP contribution in [0.1, 0.15) is 11.1 Å². The van der Waals surface area contributed by atoms with Crippen molar-refractivity contribution < 1.29 is 27.9 Å². The fourth-order valence-corrected chi connectivity index (χ4v) is 3.83. The molecule has 33 heavy (non-hydrogen) atoms. The predicted molar refractivity (Wildman–Crippen MR) is 125 cm³/mol. The quantitative estimate of drug-likeness (QED) is 0.276. The zero-order chi connectivity index (χ0) is 23.5. The Hall–Kier alpha value is -3.60. The summed E-state index contributed by atoms with van der Waals surface area (Å²) in [6.45, 7) is 0.238. The number of benzene rings is 3. The third-order valence-corrected chi connectivity index (χ3v) is 5.59. The average Bonchev–Trinajstić information content (AvgIpc) is 2.77. The van der Waals surface area contributed by atoms with Crippen LogP contribution in [-0.2, 0) is 16.2 Å². The smallest absolute Gasteiger partial charge is 0.335 e. The highest BCUT2D eigenvalue weighted by Crippen LogP contribution is 2.26. The van der Waals surface area contributed by atoms with Crippen LogP contribution in [0.2, 0.25) is 0 Å². The van der Waals surface area contributed by atoms with Gasteiger partial charge in [-0.2, -0.15) is 0 Å². The maximum atomic E-state index is 13.6. The molecule has 1 saturated heterocycles. The highest BCUT2D eigenvalue weighted by atomic mass is 127. The van der Waals surface area contributed by atoms with Crippen molar-refractivity contribution in [2.45, 2.75) is 6.61 Å². The number of nitrogens with zero attached hydrogens (tertiary/aromatic N) is 1. The van der Waals surface area contributed by atoms with Crippen molar-refractivity contribution in [1.29, 1.82) is 0 Å². The van der Waals surface area contributed by atoms with Crippen LogP contribution < -0.4 is 15.0 Å². The van der Waals surface area contributed by atoms with Crippen molar-refractivity contribution in [1.82, 2.24) is 5.32 Å². The SMILES string of the molecule is O=C1NC(=O)N(c2cccc(F)c2)C(=O)/C1=C/c1ccc(OCc2ccc(F)cc2)c(I)c1. The summed E-state index contributed by atoms with van der Waals surface area (Å²) in [4.78, 5) is 38.1. The van der Waals surface area contributed by atoms with Gasteiger partial charge in [0.1, 0.15) is 29.6 Å². The van der Waals surface area contributed by atoms with Gasteiger partial charge < -0.3 is 4.74 Å². The Bertz CT molecular complexity index is 1290. The Morgan fingerprint density at radius 3 is 2.39 bits per heavy atom. The molecule has 0 atom stereocenters. The van der Waals surface area contributed by atoms with Gasteiger partial charge in [-0.1, -0.05) is 24.3 Å². The van der Waals surface area contributed by atoms with Gasteiger partial charge in [-0.15, -0.1) is 0 Å². The second-order valence-corrected chi connectivity index (χ2v) is 8.20. The van der Waals surface area contributed by atoms with Crippen LogP contribution in [0.4, 0.5) is 19.3 Å². The summed E-state index contributed by atoms with van der Waals surface area (Å²) in [5, 5.41) is 2.10. The van der Waals surface area contributed by atoms with Crippen LogP contribution in [0, 0.1) is 15.2 Å². The Morgan fingerprint density at radius 1 is 0.939 bits per heavy atom. The molecule has 1 aliphatic heterocycles. The summed E-state index contributed by atoms with van der Waals surface area (Å²) in [6, 6.07) is 15.0. The van der Waals surface area contributed by atoms with E-state index in [1.54, 1.807) is 30.3 Å². The molecule has 0 unspecified atom stereocenters. The van der Waals surface area contributed by atoms with Crippen molar-refractivity contribution in [3.8, 4) is 5.75 Å². The number of amides is 4. The summed E-state index contributed by atoms with van der Waals surface area (Å²) < 4.78 is 33.1. The van der Waals surface area contributed by atoms with Crippen LogP contribution in [0.25, 0.3) is 6.08 Å². The van der Waals surface area contributed by atoms with Gasteiger partial charge in [0.05, 0.1) is 9.26 Å². The number of carbonyl (C=O) groups excluding carboxylic acids is 3. The van der Waals surface area contributed by atoms with E-state index in [2.05, 4.69) is 27.9 Å². The number of ether oxygens (including phenoxy) is 1. The number of rotatable bonds is 5. The fourth-order valence-electron chi connectivity index (χ4n) is 3.14. The molecule has 1 fully saturated rings. The largest absolute Gasteiger partial charge is 0.488 e. The number of barbiturate groups is 1. The lowest BCUT2D eigenvalue weighted by Gasteiger charge is -2.26. The van der Waals surface area contributed by atoms with Crippen LogP contribution in [-0.4, -0.2) is 17.8 Å². The summed E-state index contributed by atoms with van der Waals surface area (Å²) in [6.07, 6.45) is 1.35.